The van der Waals surface area contributed by atoms with Crippen molar-refractivity contribution < 1.29 is 8.42 Å². The van der Waals surface area contributed by atoms with Crippen LogP contribution in [0.4, 0.5) is 5.69 Å². The first kappa shape index (κ1) is 14.7. The second-order valence-corrected chi connectivity index (χ2v) is 7.77. The van der Waals surface area contributed by atoms with Crippen molar-refractivity contribution in [2.24, 2.45) is 0 Å². The molecule has 2 N–H and O–H groups in total. The minimum Gasteiger partial charge on any atom is -0.384 e. The van der Waals surface area contributed by atoms with Gasteiger partial charge in [-0.25, -0.2) is 13.1 Å². The van der Waals surface area contributed by atoms with Crippen molar-refractivity contribution in [3.05, 3.63) is 23.8 Å². The molecule has 2 rings (SSSR count). The lowest BCUT2D eigenvalue weighted by Crippen LogP contribution is -2.26. The van der Waals surface area contributed by atoms with Crippen LogP contribution in [0.3, 0.4) is 0 Å². The number of hydrogen-bond donors (Lipinski definition) is 2. The highest BCUT2D eigenvalue weighted by atomic mass is 32.2. The van der Waals surface area contributed by atoms with E-state index in [1.54, 1.807) is 23.9 Å². The van der Waals surface area contributed by atoms with Gasteiger partial charge in [-0.1, -0.05) is 13.0 Å². The first-order valence-electron chi connectivity index (χ1n) is 6.42. The number of anilines is 1. The summed E-state index contributed by atoms with van der Waals surface area (Å²) < 4.78 is 27.0. The van der Waals surface area contributed by atoms with Crippen molar-refractivity contribution >= 4 is 27.5 Å². The zero-order valence-electron chi connectivity index (χ0n) is 11.3. The van der Waals surface area contributed by atoms with E-state index in [2.05, 4.69) is 17.0 Å². The Morgan fingerprint density at radius 1 is 1.47 bits per heavy atom. The Balaban J connectivity index is 2.03. The van der Waals surface area contributed by atoms with E-state index in [4.69, 9.17) is 0 Å². The molecule has 0 saturated carbocycles. The summed E-state index contributed by atoms with van der Waals surface area (Å²) in [5.74, 6) is 0. The lowest BCUT2D eigenvalue weighted by atomic mass is 10.2. The molecule has 1 unspecified atom stereocenters. The van der Waals surface area contributed by atoms with E-state index in [1.807, 2.05) is 12.3 Å². The van der Waals surface area contributed by atoms with Gasteiger partial charge in [-0.15, -0.1) is 0 Å². The second-order valence-electron chi connectivity index (χ2n) is 4.73. The van der Waals surface area contributed by atoms with Crippen LogP contribution < -0.4 is 10.0 Å². The standard InChI is InChI=1S/C13H20N2O2S2/c1-10(18-2)5-8-15-19(16,17)12-4-3-11-6-7-14-13(11)9-12/h3-4,9-10,14-15H,5-8H2,1-2H3. The van der Waals surface area contributed by atoms with Gasteiger partial charge in [0.05, 0.1) is 4.90 Å². The molecule has 1 aliphatic heterocycles. The largest absolute Gasteiger partial charge is 0.384 e. The highest BCUT2D eigenvalue weighted by molar-refractivity contribution is 7.99. The van der Waals surface area contributed by atoms with E-state index < -0.39 is 10.0 Å². The maximum absolute atomic E-state index is 12.2. The number of thioether (sulfide) groups is 1. The van der Waals surface area contributed by atoms with Gasteiger partial charge in [-0.05, 0) is 36.8 Å². The summed E-state index contributed by atoms with van der Waals surface area (Å²) in [5.41, 5.74) is 2.13. The summed E-state index contributed by atoms with van der Waals surface area (Å²) in [4.78, 5) is 0.345. The molecule has 1 aromatic rings. The van der Waals surface area contributed by atoms with Crippen LogP contribution in [-0.4, -0.2) is 33.0 Å². The fourth-order valence-electron chi connectivity index (χ4n) is 2.03. The third-order valence-corrected chi connectivity index (χ3v) is 5.85. The molecule has 0 saturated heterocycles. The summed E-state index contributed by atoms with van der Waals surface area (Å²) in [5, 5.41) is 3.66. The number of sulfonamides is 1. The van der Waals surface area contributed by atoms with Crippen molar-refractivity contribution in [1.82, 2.24) is 4.72 Å². The van der Waals surface area contributed by atoms with Crippen LogP contribution in [0.15, 0.2) is 23.1 Å². The zero-order valence-corrected chi connectivity index (χ0v) is 12.9. The van der Waals surface area contributed by atoms with E-state index in [0.29, 0.717) is 16.7 Å². The maximum Gasteiger partial charge on any atom is 0.240 e. The quantitative estimate of drug-likeness (QED) is 0.844. The van der Waals surface area contributed by atoms with Crippen LogP contribution in [0.5, 0.6) is 0 Å². The van der Waals surface area contributed by atoms with Crippen LogP contribution in [0.25, 0.3) is 0 Å². The van der Waals surface area contributed by atoms with Gasteiger partial charge in [0.2, 0.25) is 10.0 Å². The summed E-state index contributed by atoms with van der Waals surface area (Å²) in [6, 6.07) is 5.31. The molecule has 0 bridgehead atoms. The minimum atomic E-state index is -3.39. The highest BCUT2D eigenvalue weighted by Crippen LogP contribution is 2.25. The molecule has 0 aromatic heterocycles. The fraction of sp³-hybridized carbons (Fsp3) is 0.538. The molecule has 1 aliphatic rings. The average Bonchev–Trinajstić information content (AvgIpc) is 2.85. The predicted molar refractivity (Wildman–Crippen MR) is 81.4 cm³/mol. The molecule has 6 heteroatoms. The molecule has 4 nitrogen and oxygen atoms in total. The molecule has 0 spiro atoms. The molecule has 0 radical (unpaired) electrons. The molecule has 0 aliphatic carbocycles. The Labute approximate surface area is 119 Å². The number of benzene rings is 1. The van der Waals surface area contributed by atoms with E-state index in [-0.39, 0.29) is 0 Å². The predicted octanol–water partition coefficient (Wildman–Crippen LogP) is 2.07. The molecular weight excluding hydrogens is 280 g/mol. The number of rotatable bonds is 6. The average molecular weight is 300 g/mol. The monoisotopic (exact) mass is 300 g/mol. The first-order valence-corrected chi connectivity index (χ1v) is 9.19. The number of nitrogens with one attached hydrogen (secondary N) is 2. The molecule has 1 heterocycles. The summed E-state index contributed by atoms with van der Waals surface area (Å²) in [6.45, 7) is 3.46. The number of fused-ring (bicyclic) bond motifs is 1. The van der Waals surface area contributed by atoms with Gasteiger partial charge in [0.25, 0.3) is 0 Å². The van der Waals surface area contributed by atoms with E-state index in [1.165, 1.54) is 5.56 Å². The van der Waals surface area contributed by atoms with Crippen LogP contribution in [-0.2, 0) is 16.4 Å². The van der Waals surface area contributed by atoms with Gasteiger partial charge in [0, 0.05) is 24.0 Å². The first-order chi connectivity index (χ1) is 9.03. The lowest BCUT2D eigenvalue weighted by molar-refractivity contribution is 0.579. The van der Waals surface area contributed by atoms with Gasteiger partial charge >= 0.3 is 0 Å². The molecule has 0 fully saturated rings. The molecule has 1 atom stereocenters. The van der Waals surface area contributed by atoms with E-state index in [0.717, 1.165) is 25.1 Å². The van der Waals surface area contributed by atoms with E-state index >= 15 is 0 Å². The van der Waals surface area contributed by atoms with Gasteiger partial charge in [0.15, 0.2) is 0 Å². The zero-order chi connectivity index (χ0) is 13.9. The van der Waals surface area contributed by atoms with Crippen LogP contribution in [0.1, 0.15) is 18.9 Å². The summed E-state index contributed by atoms with van der Waals surface area (Å²) in [7, 11) is -3.39. The molecule has 1 aromatic carbocycles. The Morgan fingerprint density at radius 2 is 2.26 bits per heavy atom. The molecule has 106 valence electrons. The fourth-order valence-corrected chi connectivity index (χ4v) is 3.46. The smallest absolute Gasteiger partial charge is 0.240 e. The summed E-state index contributed by atoms with van der Waals surface area (Å²) >= 11 is 1.74. The van der Waals surface area contributed by atoms with Crippen molar-refractivity contribution in [3.63, 3.8) is 0 Å². The molecular formula is C13H20N2O2S2. The van der Waals surface area contributed by atoms with Gasteiger partial charge in [-0.2, -0.15) is 11.8 Å². The highest BCUT2D eigenvalue weighted by Gasteiger charge is 2.18. The van der Waals surface area contributed by atoms with Gasteiger partial charge in [-0.3, -0.25) is 0 Å². The van der Waals surface area contributed by atoms with Crippen molar-refractivity contribution in [3.8, 4) is 0 Å². The molecule has 0 amide bonds. The van der Waals surface area contributed by atoms with Crippen molar-refractivity contribution in [1.29, 1.82) is 0 Å². The second kappa shape index (κ2) is 6.15. The van der Waals surface area contributed by atoms with Crippen LogP contribution in [0, 0.1) is 0 Å². The van der Waals surface area contributed by atoms with E-state index in [9.17, 15) is 8.42 Å². The van der Waals surface area contributed by atoms with Crippen molar-refractivity contribution in [2.75, 3.05) is 24.7 Å². The third-order valence-electron chi connectivity index (χ3n) is 3.35. The van der Waals surface area contributed by atoms with Crippen molar-refractivity contribution in [2.45, 2.75) is 29.9 Å². The Hall–Kier alpha value is -0.720. The normalized spacial score (nSPS) is 15.9. The minimum absolute atomic E-state index is 0.345. The molecule has 19 heavy (non-hydrogen) atoms. The van der Waals surface area contributed by atoms with Gasteiger partial charge in [0.1, 0.15) is 0 Å². The SMILES string of the molecule is CSC(C)CCNS(=O)(=O)c1ccc2c(c1)NCC2. The third kappa shape index (κ3) is 3.64. The van der Waals surface area contributed by atoms with Crippen LogP contribution in [0.2, 0.25) is 0 Å². The lowest BCUT2D eigenvalue weighted by Gasteiger charge is -2.11. The van der Waals surface area contributed by atoms with Gasteiger partial charge < -0.3 is 5.32 Å². The Bertz CT molecular complexity index is 544. The van der Waals surface area contributed by atoms with Crippen LogP contribution >= 0.6 is 11.8 Å². The maximum atomic E-state index is 12.2. The Kier molecular flexibility index (Phi) is 4.76. The number of hydrogen-bond acceptors (Lipinski definition) is 4. The summed E-state index contributed by atoms with van der Waals surface area (Å²) in [6.07, 6.45) is 3.84. The Morgan fingerprint density at radius 3 is 3.00 bits per heavy atom. The topological polar surface area (TPSA) is 58.2 Å².